The summed E-state index contributed by atoms with van der Waals surface area (Å²) in [5, 5.41) is 12.5. The highest BCUT2D eigenvalue weighted by atomic mass is 19.4. The third-order valence-electron chi connectivity index (χ3n) is 7.21. The predicted molar refractivity (Wildman–Crippen MR) is 153 cm³/mol. The second kappa shape index (κ2) is 12.7. The molecule has 248 valence electrons. The van der Waals surface area contributed by atoms with E-state index in [2.05, 4.69) is 5.32 Å². The molecule has 1 fully saturated rings. The first kappa shape index (κ1) is 34.4. The molecule has 1 aliphatic heterocycles. The van der Waals surface area contributed by atoms with Crippen LogP contribution in [0.2, 0.25) is 0 Å². The van der Waals surface area contributed by atoms with E-state index in [1.807, 2.05) is 13.8 Å². The Morgan fingerprint density at radius 3 is 2.00 bits per heavy atom. The lowest BCUT2D eigenvalue weighted by Gasteiger charge is -2.33. The van der Waals surface area contributed by atoms with Crippen LogP contribution in [0.4, 0.5) is 31.1 Å². The highest BCUT2D eigenvalue weighted by Crippen LogP contribution is 2.51. The molecule has 1 aliphatic rings. The first-order valence-corrected chi connectivity index (χ1v) is 14.2. The van der Waals surface area contributed by atoms with Gasteiger partial charge in [-0.05, 0) is 74.7 Å². The molecule has 14 heteroatoms. The van der Waals surface area contributed by atoms with Gasteiger partial charge in [-0.15, -0.1) is 0 Å². The molecule has 0 aromatic heterocycles. The predicted octanol–water partition coefficient (Wildman–Crippen LogP) is 7.33. The standard InChI is InChI=1S/C32H32F6N2O6/c1-5-16-44-26-17-22(30(43,31(33,34)35)32(36,37)38)10-15-25(26)46-24-11-6-20(7-12-24)18-40-27(41)29(4,39-28(40)42)21-8-13-23(14-9-21)45-19(2)3/h6-15,17,19,43H,5,16,18H2,1-4H3,(H,39,42). The van der Waals surface area contributed by atoms with Crippen molar-refractivity contribution in [3.8, 4) is 23.0 Å². The molecule has 2 N–H and O–H groups in total. The molecule has 3 aromatic carbocycles. The summed E-state index contributed by atoms with van der Waals surface area (Å²) in [6.45, 7) is 6.88. The number of benzene rings is 3. The summed E-state index contributed by atoms with van der Waals surface area (Å²) >= 11 is 0. The van der Waals surface area contributed by atoms with Crippen molar-refractivity contribution in [3.05, 3.63) is 83.4 Å². The van der Waals surface area contributed by atoms with E-state index >= 15 is 0 Å². The maximum atomic E-state index is 13.4. The van der Waals surface area contributed by atoms with E-state index in [-0.39, 0.29) is 30.8 Å². The van der Waals surface area contributed by atoms with Gasteiger partial charge in [0.15, 0.2) is 11.5 Å². The third-order valence-corrected chi connectivity index (χ3v) is 7.21. The Balaban J connectivity index is 1.52. The average molecular weight is 655 g/mol. The molecule has 8 nitrogen and oxygen atoms in total. The molecule has 1 atom stereocenters. The zero-order valence-electron chi connectivity index (χ0n) is 25.3. The molecule has 1 saturated heterocycles. The van der Waals surface area contributed by atoms with Crippen LogP contribution in [-0.4, -0.2) is 47.0 Å². The van der Waals surface area contributed by atoms with Crippen LogP contribution in [-0.2, 0) is 22.5 Å². The van der Waals surface area contributed by atoms with E-state index in [0.29, 0.717) is 35.4 Å². The molecule has 0 spiro atoms. The number of carbonyl (C=O) groups is 2. The minimum absolute atomic E-state index is 0.0402. The number of carbonyl (C=O) groups excluding carboxylic acids is 2. The second-order valence-corrected chi connectivity index (χ2v) is 11.1. The van der Waals surface area contributed by atoms with Gasteiger partial charge in [0.1, 0.15) is 17.0 Å². The van der Waals surface area contributed by atoms with Crippen LogP contribution in [0.15, 0.2) is 66.7 Å². The fourth-order valence-electron chi connectivity index (χ4n) is 4.78. The van der Waals surface area contributed by atoms with E-state index in [4.69, 9.17) is 14.2 Å². The van der Waals surface area contributed by atoms with Crippen LogP contribution in [0.25, 0.3) is 0 Å². The van der Waals surface area contributed by atoms with E-state index in [9.17, 15) is 41.0 Å². The van der Waals surface area contributed by atoms with Crippen LogP contribution in [0.1, 0.15) is 50.8 Å². The van der Waals surface area contributed by atoms with Gasteiger partial charge in [0.05, 0.1) is 19.3 Å². The lowest BCUT2D eigenvalue weighted by molar-refractivity contribution is -0.376. The molecular formula is C32H32F6N2O6. The Hall–Kier alpha value is -4.46. The number of rotatable bonds is 11. The second-order valence-electron chi connectivity index (χ2n) is 11.1. The van der Waals surface area contributed by atoms with Crippen LogP contribution in [0.5, 0.6) is 23.0 Å². The maximum absolute atomic E-state index is 13.4. The number of alkyl halides is 6. The maximum Gasteiger partial charge on any atom is 0.430 e. The quantitative estimate of drug-likeness (QED) is 0.166. The normalized spacial score (nSPS) is 17.3. The number of ether oxygens (including phenoxy) is 3. The van der Waals surface area contributed by atoms with Gasteiger partial charge in [-0.1, -0.05) is 37.3 Å². The number of hydrogen-bond acceptors (Lipinski definition) is 6. The van der Waals surface area contributed by atoms with E-state index in [0.717, 1.165) is 11.0 Å². The van der Waals surface area contributed by atoms with Crippen LogP contribution < -0.4 is 19.5 Å². The monoisotopic (exact) mass is 654 g/mol. The minimum atomic E-state index is -6.07. The number of imide groups is 1. The number of amides is 3. The van der Waals surface area contributed by atoms with E-state index < -0.39 is 46.7 Å². The fraction of sp³-hybridized carbons (Fsp3) is 0.375. The smallest absolute Gasteiger partial charge is 0.430 e. The zero-order valence-corrected chi connectivity index (χ0v) is 25.3. The summed E-state index contributed by atoms with van der Waals surface area (Å²) in [7, 11) is 0. The fourth-order valence-corrected chi connectivity index (χ4v) is 4.78. The number of nitrogens with zero attached hydrogens (tertiary/aromatic N) is 1. The first-order chi connectivity index (χ1) is 21.4. The van der Waals surface area contributed by atoms with Crippen molar-refractivity contribution in [2.75, 3.05) is 6.61 Å². The topological polar surface area (TPSA) is 97.3 Å². The molecule has 1 heterocycles. The number of nitrogens with one attached hydrogen (secondary N) is 1. The summed E-state index contributed by atoms with van der Waals surface area (Å²) in [4.78, 5) is 27.2. The Morgan fingerprint density at radius 2 is 1.46 bits per heavy atom. The molecule has 0 aliphatic carbocycles. The SMILES string of the molecule is CCCOc1cc(C(O)(C(F)(F)F)C(F)(F)F)ccc1Oc1ccc(CN2C(=O)NC(C)(c3ccc(OC(C)C)cc3)C2=O)cc1. The van der Waals surface area contributed by atoms with Crippen molar-refractivity contribution in [1.29, 1.82) is 0 Å². The van der Waals surface area contributed by atoms with Gasteiger partial charge in [0.2, 0.25) is 0 Å². The molecule has 0 radical (unpaired) electrons. The number of aliphatic hydroxyl groups is 1. The van der Waals surface area contributed by atoms with Gasteiger partial charge in [0.25, 0.3) is 11.5 Å². The molecule has 0 saturated carbocycles. The van der Waals surface area contributed by atoms with Gasteiger partial charge in [-0.25, -0.2) is 4.79 Å². The summed E-state index contributed by atoms with van der Waals surface area (Å²) in [6.07, 6.45) is -11.8. The Labute approximate surface area is 260 Å². The number of urea groups is 1. The van der Waals surface area contributed by atoms with Gasteiger partial charge in [0, 0.05) is 5.56 Å². The molecular weight excluding hydrogens is 622 g/mol. The highest BCUT2D eigenvalue weighted by Gasteiger charge is 2.71. The third kappa shape index (κ3) is 6.71. The first-order valence-electron chi connectivity index (χ1n) is 14.2. The Kier molecular flexibility index (Phi) is 9.53. The van der Waals surface area contributed by atoms with Gasteiger partial charge in [-0.3, -0.25) is 9.69 Å². The lowest BCUT2D eigenvalue weighted by Crippen LogP contribution is -2.53. The summed E-state index contributed by atoms with van der Waals surface area (Å²) in [5.74, 6) is -0.386. The molecule has 1 unspecified atom stereocenters. The summed E-state index contributed by atoms with van der Waals surface area (Å²) < 4.78 is 97.3. The molecule has 3 amide bonds. The summed E-state index contributed by atoms with van der Waals surface area (Å²) in [5.41, 5.74) is -6.85. The van der Waals surface area contributed by atoms with Crippen molar-refractivity contribution in [1.82, 2.24) is 10.2 Å². The Morgan fingerprint density at radius 1 is 0.870 bits per heavy atom. The number of halogens is 6. The van der Waals surface area contributed by atoms with E-state index in [1.165, 1.54) is 24.3 Å². The van der Waals surface area contributed by atoms with Crippen molar-refractivity contribution < 1.29 is 55.2 Å². The van der Waals surface area contributed by atoms with Crippen molar-refractivity contribution >= 4 is 11.9 Å². The van der Waals surface area contributed by atoms with Gasteiger partial charge >= 0.3 is 18.4 Å². The average Bonchev–Trinajstić information content (AvgIpc) is 3.19. The molecule has 3 aromatic rings. The molecule has 4 rings (SSSR count). The van der Waals surface area contributed by atoms with E-state index in [1.54, 1.807) is 38.1 Å². The Bertz CT molecular complexity index is 1540. The van der Waals surface area contributed by atoms with Gasteiger partial charge < -0.3 is 24.6 Å². The van der Waals surface area contributed by atoms with Crippen LogP contribution in [0.3, 0.4) is 0 Å². The van der Waals surface area contributed by atoms with Crippen molar-refractivity contribution in [3.63, 3.8) is 0 Å². The zero-order chi connectivity index (χ0) is 34.1. The molecule has 46 heavy (non-hydrogen) atoms. The van der Waals surface area contributed by atoms with Crippen molar-refractivity contribution in [2.24, 2.45) is 0 Å². The van der Waals surface area contributed by atoms with Gasteiger partial charge in [-0.2, -0.15) is 26.3 Å². The van der Waals surface area contributed by atoms with Crippen LogP contribution in [0, 0.1) is 0 Å². The number of hydrogen-bond donors (Lipinski definition) is 2. The summed E-state index contributed by atoms with van der Waals surface area (Å²) in [6, 6.07) is 13.9. The van der Waals surface area contributed by atoms with Crippen LogP contribution >= 0.6 is 0 Å². The largest absolute Gasteiger partial charge is 0.491 e. The highest BCUT2D eigenvalue weighted by molar-refractivity contribution is 6.07. The molecule has 0 bridgehead atoms. The minimum Gasteiger partial charge on any atom is -0.491 e. The van der Waals surface area contributed by atoms with Crippen molar-refractivity contribution in [2.45, 2.75) is 70.3 Å². The lowest BCUT2D eigenvalue weighted by atomic mass is 9.92.